The van der Waals surface area contributed by atoms with Gasteiger partial charge in [-0.1, -0.05) is 55.9 Å². The fourth-order valence-corrected chi connectivity index (χ4v) is 5.39. The van der Waals surface area contributed by atoms with Crippen molar-refractivity contribution in [1.82, 2.24) is 4.98 Å². The molecular formula is C31H34N2O7S. The Balaban J connectivity index is 1.83. The van der Waals surface area contributed by atoms with E-state index >= 15 is 0 Å². The van der Waals surface area contributed by atoms with Crippen LogP contribution in [-0.4, -0.2) is 47.6 Å². The highest BCUT2D eigenvalue weighted by atomic mass is 32.1. The van der Waals surface area contributed by atoms with Crippen LogP contribution in [-0.2, 0) is 14.3 Å². The number of ketones is 1. The van der Waals surface area contributed by atoms with Crippen LogP contribution in [0.3, 0.4) is 0 Å². The molecule has 0 saturated carbocycles. The van der Waals surface area contributed by atoms with Crippen molar-refractivity contribution in [2.24, 2.45) is 0 Å². The number of Topliss-reactive ketones (excluding diaryl/α,β-unsaturated/α-hetero) is 1. The van der Waals surface area contributed by atoms with Gasteiger partial charge in [-0.25, -0.2) is 9.78 Å². The molecular weight excluding hydrogens is 544 g/mol. The number of esters is 1. The van der Waals surface area contributed by atoms with Crippen molar-refractivity contribution in [2.75, 3.05) is 24.7 Å². The third-order valence-corrected chi connectivity index (χ3v) is 7.58. The van der Waals surface area contributed by atoms with Crippen LogP contribution in [0.25, 0.3) is 5.76 Å². The van der Waals surface area contributed by atoms with Crippen LogP contribution in [0.2, 0.25) is 0 Å². The number of aliphatic hydroxyl groups excluding tert-OH is 1. The predicted molar refractivity (Wildman–Crippen MR) is 157 cm³/mol. The van der Waals surface area contributed by atoms with Gasteiger partial charge in [-0.05, 0) is 56.5 Å². The van der Waals surface area contributed by atoms with Crippen LogP contribution >= 0.6 is 11.3 Å². The summed E-state index contributed by atoms with van der Waals surface area (Å²) in [7, 11) is 0. The summed E-state index contributed by atoms with van der Waals surface area (Å²) in [5, 5.41) is 11.7. The zero-order valence-electron chi connectivity index (χ0n) is 23.6. The highest BCUT2D eigenvalue weighted by Crippen LogP contribution is 2.44. The molecule has 2 heterocycles. The second-order valence-electron chi connectivity index (χ2n) is 9.45. The fraction of sp³-hybridized carbons (Fsp3) is 0.355. The van der Waals surface area contributed by atoms with Crippen LogP contribution in [0, 0.1) is 6.92 Å². The first-order valence-corrected chi connectivity index (χ1v) is 14.5. The van der Waals surface area contributed by atoms with E-state index in [4.69, 9.17) is 14.2 Å². The second kappa shape index (κ2) is 13.5. The highest BCUT2D eigenvalue weighted by molar-refractivity contribution is 7.17. The van der Waals surface area contributed by atoms with Gasteiger partial charge in [-0.2, -0.15) is 0 Å². The Morgan fingerprint density at radius 2 is 1.73 bits per heavy atom. The third kappa shape index (κ3) is 6.43. The molecule has 10 heteroatoms. The maximum absolute atomic E-state index is 13.5. The van der Waals surface area contributed by atoms with E-state index < -0.39 is 23.7 Å². The lowest BCUT2D eigenvalue weighted by molar-refractivity contribution is -0.132. The molecule has 1 fully saturated rings. The molecule has 4 rings (SSSR count). The molecule has 0 radical (unpaired) electrons. The van der Waals surface area contributed by atoms with E-state index in [1.807, 2.05) is 6.92 Å². The SMILES string of the molecule is CCCCOc1cccc(C(O)=C2C(=O)C(=O)N(c3nc(C)c(C(=O)OCC)s3)C2c2ccc(OCCC)cc2)c1. The molecule has 1 aliphatic rings. The summed E-state index contributed by atoms with van der Waals surface area (Å²) < 4.78 is 16.6. The van der Waals surface area contributed by atoms with Crippen molar-refractivity contribution in [2.45, 2.75) is 53.0 Å². The number of carbonyl (C=O) groups excluding carboxylic acids is 3. The smallest absolute Gasteiger partial charge is 0.350 e. The van der Waals surface area contributed by atoms with Gasteiger partial charge in [0.2, 0.25) is 0 Å². The van der Waals surface area contributed by atoms with E-state index in [-0.39, 0.29) is 27.9 Å². The summed E-state index contributed by atoms with van der Waals surface area (Å²) in [6.07, 6.45) is 2.69. The molecule has 1 amide bonds. The number of hydrogen-bond donors (Lipinski definition) is 1. The van der Waals surface area contributed by atoms with Gasteiger partial charge >= 0.3 is 11.9 Å². The van der Waals surface area contributed by atoms with Gasteiger partial charge < -0.3 is 19.3 Å². The largest absolute Gasteiger partial charge is 0.507 e. The number of amides is 1. The summed E-state index contributed by atoms with van der Waals surface area (Å²) in [4.78, 5) is 45.5. The molecule has 0 bridgehead atoms. The number of ether oxygens (including phenoxy) is 3. The number of anilines is 1. The van der Waals surface area contributed by atoms with Crippen molar-refractivity contribution in [1.29, 1.82) is 0 Å². The number of unbranched alkanes of at least 4 members (excludes halogenated alkanes) is 1. The molecule has 41 heavy (non-hydrogen) atoms. The Morgan fingerprint density at radius 1 is 1.00 bits per heavy atom. The summed E-state index contributed by atoms with van der Waals surface area (Å²) in [5.41, 5.74) is 1.20. The zero-order chi connectivity index (χ0) is 29.5. The van der Waals surface area contributed by atoms with Crippen molar-refractivity contribution >= 4 is 39.9 Å². The molecule has 3 aromatic rings. The average Bonchev–Trinajstić information content (AvgIpc) is 3.48. The van der Waals surface area contributed by atoms with Crippen molar-refractivity contribution in [3.05, 3.63) is 75.8 Å². The van der Waals surface area contributed by atoms with Crippen LogP contribution in [0.5, 0.6) is 11.5 Å². The van der Waals surface area contributed by atoms with Crippen LogP contribution < -0.4 is 14.4 Å². The third-order valence-electron chi connectivity index (χ3n) is 6.44. The van der Waals surface area contributed by atoms with Crippen molar-refractivity contribution in [3.63, 3.8) is 0 Å². The molecule has 1 aromatic heterocycles. The number of carbonyl (C=O) groups is 3. The number of aromatic nitrogens is 1. The number of thiazole rings is 1. The van der Waals surface area contributed by atoms with E-state index in [0.29, 0.717) is 41.5 Å². The monoisotopic (exact) mass is 578 g/mol. The number of benzene rings is 2. The number of rotatable bonds is 12. The van der Waals surface area contributed by atoms with E-state index in [9.17, 15) is 19.5 Å². The molecule has 1 N–H and O–H groups in total. The van der Waals surface area contributed by atoms with Gasteiger partial charge in [0.15, 0.2) is 5.13 Å². The molecule has 0 spiro atoms. The average molecular weight is 579 g/mol. The molecule has 1 saturated heterocycles. The molecule has 1 aliphatic heterocycles. The summed E-state index contributed by atoms with van der Waals surface area (Å²) in [6, 6.07) is 12.8. The molecule has 9 nitrogen and oxygen atoms in total. The summed E-state index contributed by atoms with van der Waals surface area (Å²) >= 11 is 0.965. The predicted octanol–water partition coefficient (Wildman–Crippen LogP) is 6.22. The minimum atomic E-state index is -1.000. The molecule has 1 unspecified atom stereocenters. The quantitative estimate of drug-likeness (QED) is 0.0885. The Morgan fingerprint density at radius 3 is 2.41 bits per heavy atom. The summed E-state index contributed by atoms with van der Waals surface area (Å²) in [5.74, 6) is -1.43. The van der Waals surface area contributed by atoms with Crippen molar-refractivity contribution < 1.29 is 33.7 Å². The number of aliphatic hydroxyl groups is 1. The Hall–Kier alpha value is -4.18. The van der Waals surface area contributed by atoms with E-state index in [1.165, 1.54) is 4.90 Å². The lowest BCUT2D eigenvalue weighted by Gasteiger charge is -2.23. The van der Waals surface area contributed by atoms with Gasteiger partial charge in [0.1, 0.15) is 22.1 Å². The fourth-order valence-electron chi connectivity index (χ4n) is 4.41. The minimum absolute atomic E-state index is 0.0894. The van der Waals surface area contributed by atoms with Gasteiger partial charge in [-0.3, -0.25) is 14.5 Å². The lowest BCUT2D eigenvalue weighted by atomic mass is 9.95. The lowest BCUT2D eigenvalue weighted by Crippen LogP contribution is -2.29. The minimum Gasteiger partial charge on any atom is -0.507 e. The number of hydrogen-bond acceptors (Lipinski definition) is 9. The Labute approximate surface area is 243 Å². The second-order valence-corrected chi connectivity index (χ2v) is 10.4. The number of nitrogens with zero attached hydrogens (tertiary/aromatic N) is 2. The molecule has 2 aromatic carbocycles. The first kappa shape index (κ1) is 29.8. The molecule has 216 valence electrons. The first-order chi connectivity index (χ1) is 19.8. The number of aryl methyl sites for hydroxylation is 1. The highest BCUT2D eigenvalue weighted by Gasteiger charge is 2.48. The van der Waals surface area contributed by atoms with E-state index in [1.54, 1.807) is 62.4 Å². The maximum Gasteiger partial charge on any atom is 0.350 e. The zero-order valence-corrected chi connectivity index (χ0v) is 24.5. The standard InChI is InChI=1S/C31H34N2O7S/c1-5-8-17-40-23-11-9-10-21(18-23)26(34)24-25(20-12-14-22(15-13-20)39-16-6-2)33(29(36)27(24)35)31-32-19(4)28(41-31)30(37)38-7-3/h9-15,18,25,34H,5-8,16-17H2,1-4H3. The van der Waals surface area contributed by atoms with Gasteiger partial charge in [0, 0.05) is 5.56 Å². The van der Waals surface area contributed by atoms with Crippen molar-refractivity contribution in [3.8, 4) is 11.5 Å². The van der Waals surface area contributed by atoms with Crippen LogP contribution in [0.1, 0.15) is 72.6 Å². The topological polar surface area (TPSA) is 115 Å². The Bertz CT molecular complexity index is 1440. The van der Waals surface area contributed by atoms with Gasteiger partial charge in [-0.15, -0.1) is 0 Å². The first-order valence-electron chi connectivity index (χ1n) is 13.7. The Kier molecular flexibility index (Phi) is 9.78. The van der Waals surface area contributed by atoms with Gasteiger partial charge in [0.25, 0.3) is 5.78 Å². The van der Waals surface area contributed by atoms with E-state index in [2.05, 4.69) is 11.9 Å². The normalized spacial score (nSPS) is 16.2. The molecule has 0 aliphatic carbocycles. The van der Waals surface area contributed by atoms with Crippen LogP contribution in [0.15, 0.2) is 54.1 Å². The van der Waals surface area contributed by atoms with Gasteiger partial charge in [0.05, 0.1) is 37.1 Å². The summed E-state index contributed by atoms with van der Waals surface area (Å²) in [6.45, 7) is 8.66. The maximum atomic E-state index is 13.5. The molecule has 1 atom stereocenters. The van der Waals surface area contributed by atoms with E-state index in [0.717, 1.165) is 30.6 Å². The van der Waals surface area contributed by atoms with Crippen LogP contribution in [0.4, 0.5) is 5.13 Å².